The van der Waals surface area contributed by atoms with Crippen molar-refractivity contribution in [2.75, 3.05) is 19.8 Å². The largest absolute Gasteiger partial charge is 0.380 e. The molecule has 2 rings (SSSR count). The Balaban J connectivity index is 1.65. The molecule has 1 N–H and O–H groups in total. The first kappa shape index (κ1) is 10.4. The lowest BCUT2D eigenvalue weighted by Crippen LogP contribution is -2.49. The standard InChI is InChI=1S/C12H23NO/c1-3-11(6-10-4-5-10)13-7-12(2)8-14-9-12/h10-11,13H,3-9H2,1-2H3. The molecular weight excluding hydrogens is 174 g/mol. The van der Waals surface area contributed by atoms with Crippen molar-refractivity contribution in [1.82, 2.24) is 5.32 Å². The van der Waals surface area contributed by atoms with Crippen molar-refractivity contribution >= 4 is 0 Å². The topological polar surface area (TPSA) is 21.3 Å². The van der Waals surface area contributed by atoms with Crippen LogP contribution in [-0.2, 0) is 4.74 Å². The quantitative estimate of drug-likeness (QED) is 0.705. The normalized spacial score (nSPS) is 27.0. The SMILES string of the molecule is CCC(CC1CC1)NCC1(C)COC1. The lowest BCUT2D eigenvalue weighted by Gasteiger charge is -2.39. The van der Waals surface area contributed by atoms with E-state index < -0.39 is 0 Å². The molecule has 0 bridgehead atoms. The second-order valence-corrected chi connectivity index (χ2v) is 5.47. The summed E-state index contributed by atoms with van der Waals surface area (Å²) in [4.78, 5) is 0. The van der Waals surface area contributed by atoms with Gasteiger partial charge in [-0.2, -0.15) is 0 Å². The monoisotopic (exact) mass is 197 g/mol. The molecule has 2 aliphatic rings. The second-order valence-electron chi connectivity index (χ2n) is 5.47. The van der Waals surface area contributed by atoms with Gasteiger partial charge < -0.3 is 10.1 Å². The van der Waals surface area contributed by atoms with Gasteiger partial charge in [-0.25, -0.2) is 0 Å². The summed E-state index contributed by atoms with van der Waals surface area (Å²) in [5, 5.41) is 3.70. The first-order valence-corrected chi connectivity index (χ1v) is 6.03. The van der Waals surface area contributed by atoms with E-state index in [0.717, 1.165) is 31.7 Å². The molecule has 0 aromatic heterocycles. The first-order chi connectivity index (χ1) is 6.72. The molecular formula is C12H23NO. The van der Waals surface area contributed by atoms with Gasteiger partial charge in [0, 0.05) is 18.0 Å². The van der Waals surface area contributed by atoms with Gasteiger partial charge in [-0.05, 0) is 18.8 Å². The summed E-state index contributed by atoms with van der Waals surface area (Å²) in [5.74, 6) is 1.04. The fourth-order valence-corrected chi connectivity index (χ4v) is 2.09. The zero-order valence-electron chi connectivity index (χ0n) is 9.51. The molecule has 0 spiro atoms. The predicted molar refractivity (Wildman–Crippen MR) is 58.3 cm³/mol. The van der Waals surface area contributed by atoms with Crippen molar-refractivity contribution in [2.24, 2.45) is 11.3 Å². The van der Waals surface area contributed by atoms with Crippen LogP contribution in [0.5, 0.6) is 0 Å². The van der Waals surface area contributed by atoms with Crippen LogP contribution < -0.4 is 5.32 Å². The molecule has 1 saturated heterocycles. The molecule has 1 aliphatic carbocycles. The van der Waals surface area contributed by atoms with Gasteiger partial charge in [0.15, 0.2) is 0 Å². The third kappa shape index (κ3) is 2.71. The van der Waals surface area contributed by atoms with Crippen molar-refractivity contribution in [1.29, 1.82) is 0 Å². The minimum Gasteiger partial charge on any atom is -0.380 e. The summed E-state index contributed by atoms with van der Waals surface area (Å²) in [6.45, 7) is 7.63. The summed E-state index contributed by atoms with van der Waals surface area (Å²) < 4.78 is 5.26. The molecule has 2 fully saturated rings. The van der Waals surface area contributed by atoms with Gasteiger partial charge in [-0.3, -0.25) is 0 Å². The Labute approximate surface area is 87.4 Å². The fourth-order valence-electron chi connectivity index (χ4n) is 2.09. The minimum atomic E-state index is 0.428. The maximum Gasteiger partial charge on any atom is 0.0554 e. The van der Waals surface area contributed by atoms with Crippen LogP contribution >= 0.6 is 0 Å². The predicted octanol–water partition coefficient (Wildman–Crippen LogP) is 2.19. The van der Waals surface area contributed by atoms with E-state index in [0.29, 0.717) is 5.41 Å². The number of rotatable bonds is 6. The fraction of sp³-hybridized carbons (Fsp3) is 1.00. The molecule has 0 amide bonds. The van der Waals surface area contributed by atoms with Crippen molar-refractivity contribution in [2.45, 2.75) is 45.6 Å². The average molecular weight is 197 g/mol. The zero-order chi connectivity index (χ0) is 10.0. The summed E-state index contributed by atoms with van der Waals surface area (Å²) in [6.07, 6.45) is 5.61. The Bertz CT molecular complexity index is 185. The van der Waals surface area contributed by atoms with Crippen LogP contribution in [0, 0.1) is 11.3 Å². The van der Waals surface area contributed by atoms with Crippen LogP contribution in [0.1, 0.15) is 39.5 Å². The van der Waals surface area contributed by atoms with Gasteiger partial charge >= 0.3 is 0 Å². The molecule has 1 aliphatic heterocycles. The van der Waals surface area contributed by atoms with Crippen LogP contribution in [-0.4, -0.2) is 25.8 Å². The van der Waals surface area contributed by atoms with E-state index in [1.165, 1.54) is 25.7 Å². The Morgan fingerprint density at radius 2 is 2.14 bits per heavy atom. The van der Waals surface area contributed by atoms with Crippen LogP contribution in [0.25, 0.3) is 0 Å². The molecule has 0 radical (unpaired) electrons. The van der Waals surface area contributed by atoms with Gasteiger partial charge in [0.1, 0.15) is 0 Å². The molecule has 0 aromatic carbocycles. The van der Waals surface area contributed by atoms with E-state index in [4.69, 9.17) is 4.74 Å². The number of nitrogens with one attached hydrogen (secondary N) is 1. The Kier molecular flexibility index (Phi) is 3.13. The lowest BCUT2D eigenvalue weighted by molar-refractivity contribution is -0.100. The smallest absolute Gasteiger partial charge is 0.0554 e. The highest BCUT2D eigenvalue weighted by Gasteiger charge is 2.34. The molecule has 1 atom stereocenters. The molecule has 82 valence electrons. The molecule has 1 heterocycles. The molecule has 2 heteroatoms. The number of ether oxygens (including phenoxy) is 1. The lowest BCUT2D eigenvalue weighted by atomic mass is 9.88. The van der Waals surface area contributed by atoms with E-state index >= 15 is 0 Å². The molecule has 14 heavy (non-hydrogen) atoms. The van der Waals surface area contributed by atoms with Crippen LogP contribution in [0.2, 0.25) is 0 Å². The van der Waals surface area contributed by atoms with Gasteiger partial charge in [0.05, 0.1) is 13.2 Å². The van der Waals surface area contributed by atoms with Crippen LogP contribution in [0.3, 0.4) is 0 Å². The van der Waals surface area contributed by atoms with Crippen molar-refractivity contribution < 1.29 is 4.74 Å². The van der Waals surface area contributed by atoms with E-state index in [2.05, 4.69) is 19.2 Å². The molecule has 1 saturated carbocycles. The molecule has 1 unspecified atom stereocenters. The van der Waals surface area contributed by atoms with E-state index in [9.17, 15) is 0 Å². The minimum absolute atomic E-state index is 0.428. The first-order valence-electron chi connectivity index (χ1n) is 6.03. The van der Waals surface area contributed by atoms with Gasteiger partial charge in [-0.15, -0.1) is 0 Å². The van der Waals surface area contributed by atoms with Gasteiger partial charge in [0.2, 0.25) is 0 Å². The van der Waals surface area contributed by atoms with Gasteiger partial charge in [0.25, 0.3) is 0 Å². The average Bonchev–Trinajstić information content (AvgIpc) is 2.92. The zero-order valence-corrected chi connectivity index (χ0v) is 9.51. The van der Waals surface area contributed by atoms with E-state index in [1.54, 1.807) is 0 Å². The summed E-state index contributed by atoms with van der Waals surface area (Å²) in [6, 6.07) is 0.750. The highest BCUT2D eigenvalue weighted by Crippen LogP contribution is 2.34. The van der Waals surface area contributed by atoms with Crippen LogP contribution in [0.15, 0.2) is 0 Å². The third-order valence-corrected chi connectivity index (χ3v) is 3.53. The van der Waals surface area contributed by atoms with E-state index in [-0.39, 0.29) is 0 Å². The maximum absolute atomic E-state index is 5.26. The summed E-state index contributed by atoms with van der Waals surface area (Å²) in [7, 11) is 0. The maximum atomic E-state index is 5.26. The van der Waals surface area contributed by atoms with Gasteiger partial charge in [-0.1, -0.05) is 26.7 Å². The Morgan fingerprint density at radius 3 is 2.57 bits per heavy atom. The Hall–Kier alpha value is -0.0800. The number of hydrogen-bond donors (Lipinski definition) is 1. The molecule has 2 nitrogen and oxygen atoms in total. The van der Waals surface area contributed by atoms with Crippen molar-refractivity contribution in [3.05, 3.63) is 0 Å². The van der Waals surface area contributed by atoms with Crippen molar-refractivity contribution in [3.8, 4) is 0 Å². The summed E-state index contributed by atoms with van der Waals surface area (Å²) >= 11 is 0. The summed E-state index contributed by atoms with van der Waals surface area (Å²) in [5.41, 5.74) is 0.428. The molecule has 0 aromatic rings. The highest BCUT2D eigenvalue weighted by atomic mass is 16.5. The second kappa shape index (κ2) is 4.19. The third-order valence-electron chi connectivity index (χ3n) is 3.53. The Morgan fingerprint density at radius 1 is 1.43 bits per heavy atom. The number of hydrogen-bond acceptors (Lipinski definition) is 2. The van der Waals surface area contributed by atoms with Crippen LogP contribution in [0.4, 0.5) is 0 Å². The van der Waals surface area contributed by atoms with Crippen molar-refractivity contribution in [3.63, 3.8) is 0 Å². The highest BCUT2D eigenvalue weighted by molar-refractivity contribution is 4.86. The van der Waals surface area contributed by atoms with E-state index in [1.807, 2.05) is 0 Å².